The third kappa shape index (κ3) is 3.64. The Labute approximate surface area is 118 Å². The monoisotopic (exact) mass is 273 g/mol. The number of hydrogen-bond acceptors (Lipinski definition) is 4. The van der Waals surface area contributed by atoms with Gasteiger partial charge < -0.3 is 5.73 Å². The molecule has 1 amide bonds. The van der Waals surface area contributed by atoms with Gasteiger partial charge in [0.15, 0.2) is 0 Å². The molecule has 0 saturated heterocycles. The molecule has 0 bridgehead atoms. The lowest BCUT2D eigenvalue weighted by Crippen LogP contribution is -2.22. The largest absolute Gasteiger partial charge is 0.368 e. The molecule has 106 valence electrons. The SMILES string of the molecule is C[C@H](c1ccccc1)N(C)Cc1cn(CC(N)=O)nn1. The second kappa shape index (κ2) is 6.29. The van der Waals surface area contributed by atoms with Crippen molar-refractivity contribution in [3.05, 3.63) is 47.8 Å². The smallest absolute Gasteiger partial charge is 0.239 e. The molecule has 2 rings (SSSR count). The van der Waals surface area contributed by atoms with Gasteiger partial charge in [0.1, 0.15) is 6.54 Å². The maximum atomic E-state index is 10.8. The zero-order valence-corrected chi connectivity index (χ0v) is 11.7. The summed E-state index contributed by atoms with van der Waals surface area (Å²) in [4.78, 5) is 13.0. The van der Waals surface area contributed by atoms with E-state index in [0.29, 0.717) is 6.54 Å². The van der Waals surface area contributed by atoms with Gasteiger partial charge >= 0.3 is 0 Å². The Morgan fingerprint density at radius 1 is 1.40 bits per heavy atom. The average Bonchev–Trinajstić information content (AvgIpc) is 2.85. The number of primary amides is 1. The highest BCUT2D eigenvalue weighted by Gasteiger charge is 2.13. The summed E-state index contributed by atoms with van der Waals surface area (Å²) in [5.74, 6) is -0.424. The second-order valence-electron chi connectivity index (χ2n) is 4.88. The molecule has 0 unspecified atom stereocenters. The van der Waals surface area contributed by atoms with Crippen LogP contribution in [0.4, 0.5) is 0 Å². The first-order valence-electron chi connectivity index (χ1n) is 6.48. The Balaban J connectivity index is 1.99. The van der Waals surface area contributed by atoms with Crippen molar-refractivity contribution >= 4 is 5.91 Å². The first-order chi connectivity index (χ1) is 9.56. The van der Waals surface area contributed by atoms with Gasteiger partial charge in [-0.25, -0.2) is 4.68 Å². The molecule has 1 atom stereocenters. The predicted molar refractivity (Wildman–Crippen MR) is 75.5 cm³/mol. The summed E-state index contributed by atoms with van der Waals surface area (Å²) in [5, 5.41) is 7.93. The Morgan fingerprint density at radius 3 is 2.75 bits per heavy atom. The summed E-state index contributed by atoms with van der Waals surface area (Å²) in [6.45, 7) is 2.86. The zero-order chi connectivity index (χ0) is 14.5. The van der Waals surface area contributed by atoms with Crippen LogP contribution < -0.4 is 5.73 Å². The number of rotatable bonds is 6. The highest BCUT2D eigenvalue weighted by molar-refractivity contribution is 5.73. The summed E-state index contributed by atoms with van der Waals surface area (Å²) < 4.78 is 1.46. The van der Waals surface area contributed by atoms with Crippen molar-refractivity contribution in [2.45, 2.75) is 26.1 Å². The van der Waals surface area contributed by atoms with Gasteiger partial charge in [0.2, 0.25) is 5.91 Å². The lowest BCUT2D eigenvalue weighted by atomic mass is 10.1. The van der Waals surface area contributed by atoms with E-state index in [1.807, 2.05) is 25.2 Å². The summed E-state index contributed by atoms with van der Waals surface area (Å²) >= 11 is 0. The van der Waals surface area contributed by atoms with Crippen LogP contribution in [0, 0.1) is 0 Å². The molecule has 20 heavy (non-hydrogen) atoms. The minimum atomic E-state index is -0.424. The van der Waals surface area contributed by atoms with Gasteiger partial charge in [-0.15, -0.1) is 5.10 Å². The first-order valence-corrected chi connectivity index (χ1v) is 6.48. The summed E-state index contributed by atoms with van der Waals surface area (Å²) in [5.41, 5.74) is 7.19. The molecule has 2 N–H and O–H groups in total. The maximum absolute atomic E-state index is 10.8. The van der Waals surface area contributed by atoms with Gasteiger partial charge in [-0.2, -0.15) is 0 Å². The molecule has 6 nitrogen and oxygen atoms in total. The van der Waals surface area contributed by atoms with Gasteiger partial charge in [-0.3, -0.25) is 9.69 Å². The second-order valence-corrected chi connectivity index (χ2v) is 4.88. The molecule has 1 aromatic heterocycles. The summed E-state index contributed by atoms with van der Waals surface area (Å²) in [6, 6.07) is 10.5. The van der Waals surface area contributed by atoms with Crippen molar-refractivity contribution in [3.63, 3.8) is 0 Å². The number of nitrogens with zero attached hydrogens (tertiary/aromatic N) is 4. The normalized spacial score (nSPS) is 12.6. The van der Waals surface area contributed by atoms with E-state index >= 15 is 0 Å². The third-order valence-corrected chi connectivity index (χ3v) is 3.26. The van der Waals surface area contributed by atoms with E-state index in [1.165, 1.54) is 10.2 Å². The Hall–Kier alpha value is -2.21. The fraction of sp³-hybridized carbons (Fsp3) is 0.357. The molecule has 1 aromatic carbocycles. The lowest BCUT2D eigenvalue weighted by Gasteiger charge is -2.23. The highest BCUT2D eigenvalue weighted by atomic mass is 16.1. The highest BCUT2D eigenvalue weighted by Crippen LogP contribution is 2.19. The molecule has 0 radical (unpaired) electrons. The molecule has 6 heteroatoms. The number of nitrogens with two attached hydrogens (primary N) is 1. The van der Waals surface area contributed by atoms with E-state index in [-0.39, 0.29) is 12.6 Å². The Kier molecular flexibility index (Phi) is 4.47. The van der Waals surface area contributed by atoms with E-state index in [0.717, 1.165) is 5.69 Å². The maximum Gasteiger partial charge on any atom is 0.239 e. The van der Waals surface area contributed by atoms with Crippen molar-refractivity contribution in [3.8, 4) is 0 Å². The number of benzene rings is 1. The summed E-state index contributed by atoms with van der Waals surface area (Å²) in [6.07, 6.45) is 1.75. The summed E-state index contributed by atoms with van der Waals surface area (Å²) in [7, 11) is 2.03. The van der Waals surface area contributed by atoms with Crippen molar-refractivity contribution in [2.75, 3.05) is 7.05 Å². The van der Waals surface area contributed by atoms with Crippen LogP contribution in [0.15, 0.2) is 36.5 Å². The van der Waals surface area contributed by atoms with Crippen LogP contribution in [0.3, 0.4) is 0 Å². The number of amides is 1. The number of carbonyl (C=O) groups excluding carboxylic acids is 1. The minimum Gasteiger partial charge on any atom is -0.368 e. The Morgan fingerprint density at radius 2 is 2.10 bits per heavy atom. The standard InChI is InChI=1S/C14H19N5O/c1-11(12-6-4-3-5-7-12)18(2)8-13-9-19(17-16-13)10-14(15)20/h3-7,9,11H,8,10H2,1-2H3,(H2,15,20)/t11-/m1/s1. The molecular weight excluding hydrogens is 254 g/mol. The molecule has 1 heterocycles. The average molecular weight is 273 g/mol. The van der Waals surface area contributed by atoms with E-state index in [4.69, 9.17) is 5.73 Å². The van der Waals surface area contributed by atoms with E-state index in [9.17, 15) is 4.79 Å². The van der Waals surface area contributed by atoms with Crippen molar-refractivity contribution < 1.29 is 4.79 Å². The minimum absolute atomic E-state index is 0.0605. The number of hydrogen-bond donors (Lipinski definition) is 1. The lowest BCUT2D eigenvalue weighted by molar-refractivity contribution is -0.118. The molecule has 0 spiro atoms. The molecule has 0 fully saturated rings. The van der Waals surface area contributed by atoms with Gasteiger partial charge in [0, 0.05) is 12.6 Å². The number of aromatic nitrogens is 3. The van der Waals surface area contributed by atoms with E-state index < -0.39 is 5.91 Å². The molecule has 2 aromatic rings. The van der Waals surface area contributed by atoms with Gasteiger partial charge in [0.25, 0.3) is 0 Å². The predicted octanol–water partition coefficient (Wildman–Crippen LogP) is 0.956. The van der Waals surface area contributed by atoms with Crippen LogP contribution >= 0.6 is 0 Å². The third-order valence-electron chi connectivity index (χ3n) is 3.26. The van der Waals surface area contributed by atoms with Crippen LogP contribution in [0.5, 0.6) is 0 Å². The van der Waals surface area contributed by atoms with Gasteiger partial charge in [-0.1, -0.05) is 35.5 Å². The van der Waals surface area contributed by atoms with Crippen LogP contribution in [0.1, 0.15) is 24.2 Å². The van der Waals surface area contributed by atoms with Crippen molar-refractivity contribution in [1.82, 2.24) is 19.9 Å². The Bertz CT molecular complexity index is 566. The number of carbonyl (C=O) groups is 1. The van der Waals surface area contributed by atoms with Crippen LogP contribution in [0.25, 0.3) is 0 Å². The van der Waals surface area contributed by atoms with Gasteiger partial charge in [0.05, 0.1) is 11.9 Å². The van der Waals surface area contributed by atoms with Gasteiger partial charge in [-0.05, 0) is 19.5 Å². The topological polar surface area (TPSA) is 77.0 Å². The molecule has 0 aliphatic carbocycles. The molecule has 0 aliphatic rings. The quantitative estimate of drug-likeness (QED) is 0.850. The van der Waals surface area contributed by atoms with Crippen LogP contribution in [-0.2, 0) is 17.9 Å². The first kappa shape index (κ1) is 14.2. The van der Waals surface area contributed by atoms with E-state index in [1.54, 1.807) is 6.20 Å². The fourth-order valence-corrected chi connectivity index (χ4v) is 2.03. The molecular formula is C14H19N5O. The van der Waals surface area contributed by atoms with Crippen LogP contribution in [0.2, 0.25) is 0 Å². The van der Waals surface area contributed by atoms with Crippen molar-refractivity contribution in [1.29, 1.82) is 0 Å². The zero-order valence-electron chi connectivity index (χ0n) is 11.7. The fourth-order valence-electron chi connectivity index (χ4n) is 2.03. The van der Waals surface area contributed by atoms with Crippen molar-refractivity contribution in [2.24, 2.45) is 5.73 Å². The molecule has 0 saturated carbocycles. The van der Waals surface area contributed by atoms with E-state index in [2.05, 4.69) is 34.3 Å². The van der Waals surface area contributed by atoms with Crippen LogP contribution in [-0.4, -0.2) is 32.8 Å². The molecule has 0 aliphatic heterocycles.